The van der Waals surface area contributed by atoms with Gasteiger partial charge in [-0.2, -0.15) is 0 Å². The van der Waals surface area contributed by atoms with Gasteiger partial charge in [-0.15, -0.1) is 0 Å². The zero-order valence-corrected chi connectivity index (χ0v) is 13.1. The minimum atomic E-state index is -0.438. The quantitative estimate of drug-likeness (QED) is 0.863. The van der Waals surface area contributed by atoms with Crippen molar-refractivity contribution in [2.75, 3.05) is 26.2 Å². The first kappa shape index (κ1) is 14.4. The summed E-state index contributed by atoms with van der Waals surface area (Å²) in [5.74, 6) is 0.465. The lowest BCUT2D eigenvalue weighted by Gasteiger charge is -2.29. The van der Waals surface area contributed by atoms with Gasteiger partial charge in [0.1, 0.15) is 5.60 Å². The van der Waals surface area contributed by atoms with Gasteiger partial charge in [0.05, 0.1) is 0 Å². The van der Waals surface area contributed by atoms with Gasteiger partial charge in [0.25, 0.3) is 0 Å². The van der Waals surface area contributed by atoms with Crippen LogP contribution in [0.2, 0.25) is 0 Å². The van der Waals surface area contributed by atoms with Gasteiger partial charge in [0.15, 0.2) is 0 Å². The lowest BCUT2D eigenvalue weighted by Crippen LogP contribution is -2.40. The number of benzene rings is 1. The Kier molecular flexibility index (Phi) is 3.44. The average Bonchev–Trinajstić information content (AvgIpc) is 2.95. The van der Waals surface area contributed by atoms with Crippen LogP contribution in [0.1, 0.15) is 26.3 Å². The molecule has 0 saturated carbocycles. The summed E-state index contributed by atoms with van der Waals surface area (Å²) in [5, 5.41) is 3.49. The van der Waals surface area contributed by atoms with E-state index in [0.717, 1.165) is 26.2 Å². The third-order valence-electron chi connectivity index (χ3n) is 4.53. The molecule has 114 valence electrons. The van der Waals surface area contributed by atoms with E-state index < -0.39 is 5.60 Å². The first-order valence-electron chi connectivity index (χ1n) is 7.65. The molecular weight excluding hydrogens is 264 g/mol. The molecule has 0 radical (unpaired) electrons. The minimum absolute atomic E-state index is 0.0398. The highest BCUT2D eigenvalue weighted by atomic mass is 16.6. The molecule has 0 aliphatic carbocycles. The molecule has 2 aliphatic rings. The van der Waals surface area contributed by atoms with Crippen LogP contribution in [-0.2, 0) is 10.2 Å². The summed E-state index contributed by atoms with van der Waals surface area (Å²) in [6.45, 7) is 9.15. The molecule has 4 nitrogen and oxygen atoms in total. The second-order valence-corrected chi connectivity index (χ2v) is 7.21. The zero-order chi connectivity index (χ0) is 15.1. The van der Waals surface area contributed by atoms with Crippen molar-refractivity contribution in [1.29, 1.82) is 0 Å². The van der Waals surface area contributed by atoms with Crippen LogP contribution in [0, 0.1) is 5.92 Å². The summed E-state index contributed by atoms with van der Waals surface area (Å²) in [4.78, 5) is 14.2. The number of carbonyl (C=O) groups is 1. The molecule has 21 heavy (non-hydrogen) atoms. The van der Waals surface area contributed by atoms with E-state index in [9.17, 15) is 4.79 Å². The molecule has 1 N–H and O–H groups in total. The maximum Gasteiger partial charge on any atom is 0.410 e. The molecule has 4 heteroatoms. The van der Waals surface area contributed by atoms with Crippen molar-refractivity contribution in [3.63, 3.8) is 0 Å². The van der Waals surface area contributed by atoms with E-state index >= 15 is 0 Å². The fraction of sp³-hybridized carbons (Fsp3) is 0.588. The van der Waals surface area contributed by atoms with E-state index in [1.807, 2.05) is 31.7 Å². The van der Waals surface area contributed by atoms with Crippen molar-refractivity contribution in [3.05, 3.63) is 35.9 Å². The van der Waals surface area contributed by atoms with Crippen LogP contribution in [0.15, 0.2) is 30.3 Å². The molecule has 0 bridgehead atoms. The van der Waals surface area contributed by atoms with Gasteiger partial charge in [0, 0.05) is 37.5 Å². The van der Waals surface area contributed by atoms with Crippen molar-refractivity contribution >= 4 is 6.09 Å². The highest BCUT2D eigenvalue weighted by Crippen LogP contribution is 2.42. The largest absolute Gasteiger partial charge is 0.444 e. The number of amides is 1. The fourth-order valence-corrected chi connectivity index (χ4v) is 3.57. The van der Waals surface area contributed by atoms with Crippen LogP contribution >= 0.6 is 0 Å². The molecule has 2 aliphatic heterocycles. The summed E-state index contributed by atoms with van der Waals surface area (Å²) < 4.78 is 5.53. The summed E-state index contributed by atoms with van der Waals surface area (Å²) in [7, 11) is 0. The lowest BCUT2D eigenvalue weighted by molar-refractivity contribution is 0.0278. The molecular formula is C17H24N2O2. The molecule has 0 aromatic heterocycles. The minimum Gasteiger partial charge on any atom is -0.444 e. The molecule has 1 amide bonds. The first-order valence-corrected chi connectivity index (χ1v) is 7.65. The first-order chi connectivity index (χ1) is 9.91. The Labute approximate surface area is 126 Å². The Morgan fingerprint density at radius 1 is 1.33 bits per heavy atom. The molecule has 2 fully saturated rings. The molecule has 2 saturated heterocycles. The lowest BCUT2D eigenvalue weighted by atomic mass is 9.75. The number of rotatable bonds is 1. The molecule has 3 rings (SSSR count). The van der Waals surface area contributed by atoms with E-state index in [1.54, 1.807) is 0 Å². The Morgan fingerprint density at radius 2 is 2.05 bits per heavy atom. The Bertz CT molecular complexity index is 523. The fourth-order valence-electron chi connectivity index (χ4n) is 3.57. The van der Waals surface area contributed by atoms with Gasteiger partial charge < -0.3 is 15.0 Å². The Balaban J connectivity index is 1.81. The molecule has 1 aromatic carbocycles. The maximum atomic E-state index is 12.3. The second-order valence-electron chi connectivity index (χ2n) is 7.21. The van der Waals surface area contributed by atoms with Gasteiger partial charge in [-0.3, -0.25) is 0 Å². The number of likely N-dealkylation sites (tertiary alicyclic amines) is 1. The summed E-state index contributed by atoms with van der Waals surface area (Å²) >= 11 is 0. The van der Waals surface area contributed by atoms with Crippen LogP contribution in [0.3, 0.4) is 0 Å². The zero-order valence-electron chi connectivity index (χ0n) is 13.1. The third kappa shape index (κ3) is 2.64. The molecule has 2 heterocycles. The third-order valence-corrected chi connectivity index (χ3v) is 4.53. The van der Waals surface area contributed by atoms with Gasteiger partial charge in [-0.05, 0) is 26.3 Å². The topological polar surface area (TPSA) is 41.6 Å². The van der Waals surface area contributed by atoms with Gasteiger partial charge in [-0.1, -0.05) is 30.3 Å². The second kappa shape index (κ2) is 5.02. The van der Waals surface area contributed by atoms with Crippen LogP contribution < -0.4 is 5.32 Å². The average molecular weight is 288 g/mol. The monoisotopic (exact) mass is 288 g/mol. The van der Waals surface area contributed by atoms with Crippen LogP contribution in [0.4, 0.5) is 4.79 Å². The van der Waals surface area contributed by atoms with Crippen molar-refractivity contribution in [2.24, 2.45) is 5.92 Å². The smallest absolute Gasteiger partial charge is 0.410 e. The van der Waals surface area contributed by atoms with Crippen molar-refractivity contribution < 1.29 is 9.53 Å². The highest BCUT2D eigenvalue weighted by molar-refractivity contribution is 5.69. The molecule has 0 unspecified atom stereocenters. The summed E-state index contributed by atoms with van der Waals surface area (Å²) in [5.41, 5.74) is 0.927. The SMILES string of the molecule is CC(C)(C)OC(=O)N1C[C@@H]2CNC[C@]2(c2ccccc2)C1. The van der Waals surface area contributed by atoms with Crippen molar-refractivity contribution in [2.45, 2.75) is 31.8 Å². The molecule has 2 atom stereocenters. The predicted molar refractivity (Wildman–Crippen MR) is 82.3 cm³/mol. The van der Waals surface area contributed by atoms with E-state index in [2.05, 4.69) is 29.6 Å². The highest BCUT2D eigenvalue weighted by Gasteiger charge is 2.52. The summed E-state index contributed by atoms with van der Waals surface area (Å²) in [6, 6.07) is 10.6. The number of nitrogens with zero attached hydrogens (tertiary/aromatic N) is 1. The van der Waals surface area contributed by atoms with Gasteiger partial charge in [0.2, 0.25) is 0 Å². The van der Waals surface area contributed by atoms with Crippen LogP contribution in [-0.4, -0.2) is 42.8 Å². The van der Waals surface area contributed by atoms with Crippen molar-refractivity contribution in [1.82, 2.24) is 10.2 Å². The van der Waals surface area contributed by atoms with Crippen molar-refractivity contribution in [3.8, 4) is 0 Å². The normalized spacial score (nSPS) is 28.5. The molecule has 1 aromatic rings. The number of hydrogen-bond donors (Lipinski definition) is 1. The summed E-state index contributed by atoms with van der Waals surface area (Å²) in [6.07, 6.45) is -0.188. The molecule has 0 spiro atoms. The predicted octanol–water partition coefficient (Wildman–Crippen LogP) is 2.39. The van der Waals surface area contributed by atoms with Crippen LogP contribution in [0.25, 0.3) is 0 Å². The van der Waals surface area contributed by atoms with E-state index in [4.69, 9.17) is 4.74 Å². The number of hydrogen-bond acceptors (Lipinski definition) is 3. The van der Waals surface area contributed by atoms with Gasteiger partial charge in [-0.25, -0.2) is 4.79 Å². The standard InChI is InChI=1S/C17H24N2O2/c1-16(2,3)21-15(20)19-10-14-9-18-11-17(14,12-19)13-7-5-4-6-8-13/h4-8,14,18H,9-12H2,1-3H3/t14-,17+/m0/s1. The number of nitrogens with one attached hydrogen (secondary N) is 1. The maximum absolute atomic E-state index is 12.3. The van der Waals surface area contributed by atoms with E-state index in [0.29, 0.717) is 5.92 Å². The van der Waals surface area contributed by atoms with E-state index in [-0.39, 0.29) is 11.5 Å². The Morgan fingerprint density at radius 3 is 2.71 bits per heavy atom. The number of fused-ring (bicyclic) bond motifs is 1. The number of carbonyl (C=O) groups excluding carboxylic acids is 1. The Hall–Kier alpha value is -1.55. The van der Waals surface area contributed by atoms with Crippen LogP contribution in [0.5, 0.6) is 0 Å². The van der Waals surface area contributed by atoms with Gasteiger partial charge >= 0.3 is 6.09 Å². The number of ether oxygens (including phenoxy) is 1. The van der Waals surface area contributed by atoms with E-state index in [1.165, 1.54) is 5.56 Å².